The van der Waals surface area contributed by atoms with Crippen LogP contribution in [0.15, 0.2) is 54.6 Å². The third-order valence-electron chi connectivity index (χ3n) is 4.44. The highest BCUT2D eigenvalue weighted by Crippen LogP contribution is 2.22. The highest BCUT2D eigenvalue weighted by atomic mass is 16.5. The highest BCUT2D eigenvalue weighted by Gasteiger charge is 2.23. The molecule has 0 aliphatic carbocycles. The van der Waals surface area contributed by atoms with E-state index >= 15 is 0 Å². The number of carbonyl (C=O) groups excluding carboxylic acids is 1. The Labute approximate surface area is 143 Å². The number of rotatable bonds is 5. The predicted octanol–water partition coefficient (Wildman–Crippen LogP) is 2.80. The first kappa shape index (κ1) is 16.7. The Kier molecular flexibility index (Phi) is 5.62. The van der Waals surface area contributed by atoms with Crippen LogP contribution >= 0.6 is 0 Å². The molecule has 3 rings (SSSR count). The molecule has 1 saturated heterocycles. The molecule has 0 bridgehead atoms. The average molecular weight is 324 g/mol. The van der Waals surface area contributed by atoms with E-state index in [1.165, 1.54) is 11.1 Å². The van der Waals surface area contributed by atoms with E-state index in [1.807, 2.05) is 30.3 Å². The van der Waals surface area contributed by atoms with Crippen molar-refractivity contribution in [3.05, 3.63) is 71.3 Å². The molecule has 1 aliphatic rings. The number of aryl methyl sites for hydroxylation is 1. The van der Waals surface area contributed by atoms with E-state index in [2.05, 4.69) is 41.4 Å². The van der Waals surface area contributed by atoms with Gasteiger partial charge in [0, 0.05) is 25.2 Å². The summed E-state index contributed by atoms with van der Waals surface area (Å²) in [6.45, 7) is 5.95. The van der Waals surface area contributed by atoms with Gasteiger partial charge in [-0.3, -0.25) is 9.69 Å². The number of benzene rings is 2. The van der Waals surface area contributed by atoms with Gasteiger partial charge in [-0.1, -0.05) is 48.0 Å². The summed E-state index contributed by atoms with van der Waals surface area (Å²) in [4.78, 5) is 14.8. The zero-order valence-corrected chi connectivity index (χ0v) is 14.1. The molecule has 1 fully saturated rings. The van der Waals surface area contributed by atoms with Crippen molar-refractivity contribution in [3.8, 4) is 0 Å². The van der Waals surface area contributed by atoms with Crippen molar-refractivity contribution < 1.29 is 9.53 Å². The zero-order valence-electron chi connectivity index (χ0n) is 14.1. The number of amides is 1. The van der Waals surface area contributed by atoms with Gasteiger partial charge in [-0.2, -0.15) is 0 Å². The number of ether oxygens (including phenoxy) is 1. The summed E-state index contributed by atoms with van der Waals surface area (Å²) < 4.78 is 5.47. The third kappa shape index (κ3) is 4.22. The number of morpholine rings is 1. The minimum atomic E-state index is -0.0269. The Balaban J connectivity index is 1.72. The second kappa shape index (κ2) is 8.08. The average Bonchev–Trinajstić information content (AvgIpc) is 2.65. The molecule has 0 spiro atoms. The molecule has 1 heterocycles. The van der Waals surface area contributed by atoms with E-state index in [0.29, 0.717) is 12.1 Å². The van der Waals surface area contributed by atoms with Crippen LogP contribution in [-0.4, -0.2) is 43.7 Å². The van der Waals surface area contributed by atoms with E-state index in [1.54, 1.807) is 0 Å². The molecule has 1 aliphatic heterocycles. The fourth-order valence-corrected chi connectivity index (χ4v) is 3.02. The molecule has 1 amide bonds. The summed E-state index contributed by atoms with van der Waals surface area (Å²) >= 11 is 0. The van der Waals surface area contributed by atoms with Crippen molar-refractivity contribution in [2.24, 2.45) is 0 Å². The van der Waals surface area contributed by atoms with Gasteiger partial charge in [-0.25, -0.2) is 0 Å². The van der Waals surface area contributed by atoms with Crippen molar-refractivity contribution >= 4 is 5.91 Å². The fourth-order valence-electron chi connectivity index (χ4n) is 3.02. The number of hydrogen-bond acceptors (Lipinski definition) is 3. The van der Waals surface area contributed by atoms with Gasteiger partial charge in [0.05, 0.1) is 19.3 Å². The van der Waals surface area contributed by atoms with Gasteiger partial charge in [-0.15, -0.1) is 0 Å². The Morgan fingerprint density at radius 3 is 2.42 bits per heavy atom. The van der Waals surface area contributed by atoms with Crippen LogP contribution in [0.3, 0.4) is 0 Å². The summed E-state index contributed by atoms with van der Waals surface area (Å²) in [5.74, 6) is -0.0269. The van der Waals surface area contributed by atoms with Crippen LogP contribution < -0.4 is 5.32 Å². The van der Waals surface area contributed by atoms with Gasteiger partial charge < -0.3 is 10.1 Å². The first-order chi connectivity index (χ1) is 11.7. The van der Waals surface area contributed by atoms with Gasteiger partial charge in [0.2, 0.25) is 0 Å². The molecule has 0 aromatic heterocycles. The molecule has 0 unspecified atom stereocenters. The van der Waals surface area contributed by atoms with Crippen LogP contribution in [0.25, 0.3) is 0 Å². The summed E-state index contributed by atoms with van der Waals surface area (Å²) in [6.07, 6.45) is 0. The minimum Gasteiger partial charge on any atom is -0.379 e. The van der Waals surface area contributed by atoms with Crippen molar-refractivity contribution in [1.82, 2.24) is 10.2 Å². The molecule has 4 heteroatoms. The summed E-state index contributed by atoms with van der Waals surface area (Å²) in [7, 11) is 0. The minimum absolute atomic E-state index is 0.0269. The van der Waals surface area contributed by atoms with Crippen molar-refractivity contribution in [2.75, 3.05) is 32.8 Å². The lowest BCUT2D eigenvalue weighted by atomic mass is 10.0. The molecule has 2 aromatic rings. The number of nitrogens with one attached hydrogen (secondary N) is 1. The maximum absolute atomic E-state index is 12.4. The van der Waals surface area contributed by atoms with Crippen molar-refractivity contribution in [3.63, 3.8) is 0 Å². The van der Waals surface area contributed by atoms with Gasteiger partial charge in [-0.05, 0) is 24.6 Å². The van der Waals surface area contributed by atoms with E-state index in [0.717, 1.165) is 26.3 Å². The lowest BCUT2D eigenvalue weighted by Crippen LogP contribution is -2.43. The van der Waals surface area contributed by atoms with E-state index in [-0.39, 0.29) is 11.9 Å². The van der Waals surface area contributed by atoms with Crippen LogP contribution in [0.1, 0.15) is 27.5 Å². The van der Waals surface area contributed by atoms with Gasteiger partial charge in [0.25, 0.3) is 5.91 Å². The molecule has 126 valence electrons. The number of carbonyl (C=O) groups is 1. The molecular weight excluding hydrogens is 300 g/mol. The topological polar surface area (TPSA) is 41.6 Å². The van der Waals surface area contributed by atoms with E-state index in [4.69, 9.17) is 4.74 Å². The van der Waals surface area contributed by atoms with Crippen LogP contribution in [-0.2, 0) is 4.74 Å². The molecule has 0 saturated carbocycles. The van der Waals surface area contributed by atoms with E-state index < -0.39 is 0 Å². The number of nitrogens with zero attached hydrogens (tertiary/aromatic N) is 1. The van der Waals surface area contributed by atoms with Crippen LogP contribution in [0.2, 0.25) is 0 Å². The van der Waals surface area contributed by atoms with Crippen LogP contribution in [0.5, 0.6) is 0 Å². The summed E-state index contributed by atoms with van der Waals surface area (Å²) in [5, 5.41) is 3.09. The quantitative estimate of drug-likeness (QED) is 0.919. The number of hydrogen-bond donors (Lipinski definition) is 1. The Bertz CT molecular complexity index is 649. The molecule has 1 N–H and O–H groups in total. The standard InChI is InChI=1S/C20H24N2O2/c1-16-7-9-17(10-8-16)19(22-11-13-24-14-12-22)15-21-20(23)18-5-3-2-4-6-18/h2-10,19H,11-15H2,1H3,(H,21,23)/t19-/m0/s1. The third-order valence-corrected chi connectivity index (χ3v) is 4.44. The monoisotopic (exact) mass is 324 g/mol. The fraction of sp³-hybridized carbons (Fsp3) is 0.350. The first-order valence-electron chi connectivity index (χ1n) is 8.45. The lowest BCUT2D eigenvalue weighted by Gasteiger charge is -2.35. The molecule has 0 radical (unpaired) electrons. The smallest absolute Gasteiger partial charge is 0.251 e. The second-order valence-electron chi connectivity index (χ2n) is 6.15. The molecule has 2 aromatic carbocycles. The predicted molar refractivity (Wildman–Crippen MR) is 95.1 cm³/mol. The van der Waals surface area contributed by atoms with Crippen molar-refractivity contribution in [2.45, 2.75) is 13.0 Å². The molecule has 1 atom stereocenters. The molecular formula is C20H24N2O2. The Morgan fingerprint density at radius 2 is 1.75 bits per heavy atom. The summed E-state index contributed by atoms with van der Waals surface area (Å²) in [6, 6.07) is 18.1. The van der Waals surface area contributed by atoms with Gasteiger partial charge in [0.1, 0.15) is 0 Å². The SMILES string of the molecule is Cc1ccc([C@H](CNC(=O)c2ccccc2)N2CCOCC2)cc1. The molecule has 4 nitrogen and oxygen atoms in total. The maximum Gasteiger partial charge on any atom is 0.251 e. The zero-order chi connectivity index (χ0) is 16.8. The second-order valence-corrected chi connectivity index (χ2v) is 6.15. The van der Waals surface area contributed by atoms with Crippen molar-refractivity contribution in [1.29, 1.82) is 0 Å². The highest BCUT2D eigenvalue weighted by molar-refractivity contribution is 5.94. The lowest BCUT2D eigenvalue weighted by molar-refractivity contribution is 0.0162. The first-order valence-corrected chi connectivity index (χ1v) is 8.45. The maximum atomic E-state index is 12.4. The van der Waals surface area contributed by atoms with Gasteiger partial charge in [0.15, 0.2) is 0 Å². The van der Waals surface area contributed by atoms with E-state index in [9.17, 15) is 4.79 Å². The van der Waals surface area contributed by atoms with Crippen LogP contribution in [0.4, 0.5) is 0 Å². The van der Waals surface area contributed by atoms with Gasteiger partial charge >= 0.3 is 0 Å². The van der Waals surface area contributed by atoms with Crippen LogP contribution in [0, 0.1) is 6.92 Å². The Morgan fingerprint density at radius 1 is 1.08 bits per heavy atom. The Hall–Kier alpha value is -2.17. The largest absolute Gasteiger partial charge is 0.379 e. The molecule has 24 heavy (non-hydrogen) atoms. The normalized spacial score (nSPS) is 16.5. The summed E-state index contributed by atoms with van der Waals surface area (Å²) in [5.41, 5.74) is 3.17.